The fourth-order valence-corrected chi connectivity index (χ4v) is 3.32. The molecule has 0 saturated heterocycles. The van der Waals surface area contributed by atoms with E-state index in [-0.39, 0.29) is 0 Å². The van der Waals surface area contributed by atoms with Crippen molar-refractivity contribution >= 4 is 46.1 Å². The van der Waals surface area contributed by atoms with E-state index in [1.165, 1.54) is 18.3 Å². The molecule has 1 unspecified atom stereocenters. The molecule has 4 N–H and O–H groups in total. The number of aliphatic hydroxyl groups is 1. The number of carbonyl (C=O) groups excluding carboxylic acids is 2. The van der Waals surface area contributed by atoms with Gasteiger partial charge in [0.1, 0.15) is 11.7 Å². The van der Waals surface area contributed by atoms with Gasteiger partial charge in [-0.3, -0.25) is 10.1 Å². The fourth-order valence-electron chi connectivity index (χ4n) is 2.78. The molecule has 0 bridgehead atoms. The molecule has 4 rings (SSSR count). The first-order valence-corrected chi connectivity index (χ1v) is 10.3. The Balaban J connectivity index is 0.000000383. The van der Waals surface area contributed by atoms with E-state index in [4.69, 9.17) is 9.90 Å². The van der Waals surface area contributed by atoms with Crippen LogP contribution in [0.5, 0.6) is 0 Å². The Bertz CT molecular complexity index is 1180. The van der Waals surface area contributed by atoms with Gasteiger partial charge in [-0.25, -0.2) is 4.98 Å². The molecule has 2 aromatic carbocycles. The second-order valence-corrected chi connectivity index (χ2v) is 7.68. The number of carboxylic acids is 1. The standard InChI is InChI=1S/C19H16N4O2S.C2HF3O2/c1-19(25,12-5-3-2-4-6-12)18(24)21-13-7-8-14-15(9-13)23-17(22-14)16-10-26-11-20-16;3-2(4,5)1(6)7/h2-11,25H,1H3,(H,21,24)(H,22,23);(H,6,7). The molecule has 172 valence electrons. The van der Waals surface area contributed by atoms with Gasteiger partial charge in [-0.05, 0) is 24.6 Å². The number of aromatic nitrogens is 1. The van der Waals surface area contributed by atoms with E-state index in [1.54, 1.807) is 35.8 Å². The third-order valence-corrected chi connectivity index (χ3v) is 5.11. The molecule has 0 fully saturated rings. The van der Waals surface area contributed by atoms with Crippen molar-refractivity contribution < 1.29 is 38.3 Å². The zero-order valence-electron chi connectivity index (χ0n) is 17.0. The highest BCUT2D eigenvalue weighted by Gasteiger charge is 2.33. The van der Waals surface area contributed by atoms with Crippen LogP contribution in [0.15, 0.2) is 64.4 Å². The van der Waals surface area contributed by atoms with E-state index in [2.05, 4.69) is 15.3 Å². The molecular formula is C21H17F3N4O4S. The molecule has 0 aliphatic carbocycles. The molecule has 1 aliphatic rings. The van der Waals surface area contributed by atoms with Crippen molar-refractivity contribution in [3.8, 4) is 0 Å². The van der Waals surface area contributed by atoms with Crippen molar-refractivity contribution in [1.29, 1.82) is 0 Å². The predicted molar refractivity (Wildman–Crippen MR) is 112 cm³/mol. The number of carbonyl (C=O) groups is 2. The van der Waals surface area contributed by atoms with Crippen LogP contribution in [-0.2, 0) is 15.2 Å². The molecule has 2 heterocycles. The van der Waals surface area contributed by atoms with Crippen molar-refractivity contribution in [2.24, 2.45) is 4.99 Å². The molecular weight excluding hydrogens is 461 g/mol. The third kappa shape index (κ3) is 5.80. The van der Waals surface area contributed by atoms with Crippen LogP contribution in [0, 0.1) is 0 Å². The molecule has 12 heteroatoms. The number of amides is 1. The van der Waals surface area contributed by atoms with Gasteiger partial charge in [0.15, 0.2) is 17.0 Å². The summed E-state index contributed by atoms with van der Waals surface area (Å²) in [5.41, 5.74) is 3.88. The topological polar surface area (TPSA) is 131 Å². The molecule has 1 aromatic heterocycles. The van der Waals surface area contributed by atoms with E-state index in [0.29, 0.717) is 11.3 Å². The smallest absolute Gasteiger partial charge is 0.430 e. The van der Waals surface area contributed by atoms with Gasteiger partial charge >= 0.3 is 6.18 Å². The number of benzene rings is 2. The maximum Gasteiger partial charge on any atom is 0.430 e. The van der Waals surface area contributed by atoms with Gasteiger partial charge in [0.2, 0.25) is 0 Å². The lowest BCUT2D eigenvalue weighted by Crippen LogP contribution is -2.80. The van der Waals surface area contributed by atoms with Gasteiger partial charge in [-0.1, -0.05) is 30.3 Å². The maximum absolute atomic E-state index is 12.6. The zero-order chi connectivity index (χ0) is 24.2. The highest BCUT2D eigenvalue weighted by atomic mass is 32.1. The normalized spacial score (nSPS) is 14.3. The highest BCUT2D eigenvalue weighted by molar-refractivity contribution is 7.07. The summed E-state index contributed by atoms with van der Waals surface area (Å²) in [4.78, 5) is 30.2. The number of nitrogens with one attached hydrogen (secondary N) is 1. The van der Waals surface area contributed by atoms with Gasteiger partial charge < -0.3 is 20.3 Å². The Morgan fingerprint density at radius 3 is 2.39 bits per heavy atom. The van der Waals surface area contributed by atoms with Crippen LogP contribution < -0.4 is 15.7 Å². The summed E-state index contributed by atoms with van der Waals surface area (Å²) in [7, 11) is 0. The number of amidine groups is 1. The first-order chi connectivity index (χ1) is 15.5. The highest BCUT2D eigenvalue weighted by Crippen LogP contribution is 2.29. The monoisotopic (exact) mass is 478 g/mol. The number of hydrogen-bond acceptors (Lipinski definition) is 7. The summed E-state index contributed by atoms with van der Waals surface area (Å²) in [5.74, 6) is -2.68. The number of halogens is 3. The summed E-state index contributed by atoms with van der Waals surface area (Å²) >= 11 is 1.52. The summed E-state index contributed by atoms with van der Waals surface area (Å²) < 4.78 is 31.5. The van der Waals surface area contributed by atoms with Crippen molar-refractivity contribution in [3.05, 3.63) is 70.7 Å². The van der Waals surface area contributed by atoms with E-state index in [1.807, 2.05) is 28.9 Å². The summed E-state index contributed by atoms with van der Waals surface area (Å²) in [6.45, 7) is 1.49. The van der Waals surface area contributed by atoms with Crippen LogP contribution in [0.3, 0.4) is 0 Å². The predicted octanol–water partition coefficient (Wildman–Crippen LogP) is 1.57. The second-order valence-electron chi connectivity index (χ2n) is 6.97. The minimum atomic E-state index is -5.19. The molecule has 3 aromatic rings. The minimum absolute atomic E-state index is 0.484. The Kier molecular flexibility index (Phi) is 6.91. The molecule has 0 radical (unpaired) electrons. The number of carboxylic acid groups (broad SMARTS) is 1. The quantitative estimate of drug-likeness (QED) is 0.490. The van der Waals surface area contributed by atoms with Gasteiger partial charge in [-0.15, -0.1) is 11.3 Å². The molecule has 1 aliphatic heterocycles. The lowest BCUT2D eigenvalue weighted by Gasteiger charge is -2.22. The lowest BCUT2D eigenvalue weighted by atomic mass is 9.95. The Morgan fingerprint density at radius 2 is 1.82 bits per heavy atom. The summed E-state index contributed by atoms with van der Waals surface area (Å²) in [6, 6.07) is 14.3. The van der Waals surface area contributed by atoms with E-state index in [0.717, 1.165) is 22.9 Å². The number of nitrogens with zero attached hydrogens (tertiary/aromatic N) is 2. The molecule has 33 heavy (non-hydrogen) atoms. The average Bonchev–Trinajstić information content (AvgIpc) is 3.43. The van der Waals surface area contributed by atoms with Crippen molar-refractivity contribution in [2.45, 2.75) is 18.7 Å². The summed E-state index contributed by atoms with van der Waals surface area (Å²) in [5, 5.41) is 26.1. The maximum atomic E-state index is 12.6. The Morgan fingerprint density at radius 1 is 1.15 bits per heavy atom. The number of fused-ring (bicyclic) bond motifs is 1. The first kappa shape index (κ1) is 24.0. The third-order valence-electron chi connectivity index (χ3n) is 4.52. The number of thiazole rings is 1. The molecule has 1 atom stereocenters. The van der Waals surface area contributed by atoms with E-state index < -0.39 is 23.7 Å². The van der Waals surface area contributed by atoms with Crippen LogP contribution in [0.2, 0.25) is 0 Å². The van der Waals surface area contributed by atoms with Gasteiger partial charge in [0.05, 0.1) is 5.51 Å². The Labute approximate surface area is 189 Å². The SMILES string of the molecule is CC(O)(C(=O)Nc1ccc2c(c1)[NH2+]C(c1cscn1)=N2)c1ccccc1.O=C([O-])C(F)(F)F. The first-order valence-electron chi connectivity index (χ1n) is 9.32. The number of nitrogens with two attached hydrogens (primary N) is 1. The fraction of sp³-hybridized carbons (Fsp3) is 0.143. The number of quaternary nitrogens is 1. The van der Waals surface area contributed by atoms with Gasteiger partial charge in [0, 0.05) is 17.1 Å². The largest absolute Gasteiger partial charge is 0.542 e. The zero-order valence-corrected chi connectivity index (χ0v) is 17.8. The molecule has 1 amide bonds. The van der Waals surface area contributed by atoms with Crippen LogP contribution in [0.4, 0.5) is 30.2 Å². The number of aliphatic imine (C=N–C) groups is 1. The number of hydrogen-bond donors (Lipinski definition) is 3. The molecule has 0 spiro atoms. The van der Waals surface area contributed by atoms with Crippen molar-refractivity contribution in [3.63, 3.8) is 0 Å². The average molecular weight is 478 g/mol. The second kappa shape index (κ2) is 9.48. The molecule has 0 saturated carbocycles. The van der Waals surface area contributed by atoms with Gasteiger partial charge in [0.25, 0.3) is 11.7 Å². The number of alkyl halides is 3. The number of anilines is 1. The van der Waals surface area contributed by atoms with Crippen molar-refractivity contribution in [1.82, 2.24) is 4.98 Å². The van der Waals surface area contributed by atoms with Crippen molar-refractivity contribution in [2.75, 3.05) is 5.32 Å². The Hall–Kier alpha value is -3.61. The van der Waals surface area contributed by atoms with Crippen LogP contribution >= 0.6 is 11.3 Å². The summed E-state index contributed by atoms with van der Waals surface area (Å²) in [6.07, 6.45) is -5.19. The van der Waals surface area contributed by atoms with E-state index >= 15 is 0 Å². The van der Waals surface area contributed by atoms with Crippen LogP contribution in [-0.4, -0.2) is 34.0 Å². The number of rotatable bonds is 4. The van der Waals surface area contributed by atoms with Crippen LogP contribution in [0.25, 0.3) is 0 Å². The van der Waals surface area contributed by atoms with E-state index in [9.17, 15) is 23.1 Å². The minimum Gasteiger partial charge on any atom is -0.542 e. The number of aliphatic carboxylic acids is 1. The van der Waals surface area contributed by atoms with Crippen LogP contribution in [0.1, 0.15) is 18.2 Å². The lowest BCUT2D eigenvalue weighted by molar-refractivity contribution is -0.437. The van der Waals surface area contributed by atoms with Gasteiger partial charge in [-0.2, -0.15) is 18.2 Å². The molecule has 8 nitrogen and oxygen atoms in total.